The molecular formula is C25H24Cl2N4. The minimum Gasteiger partial charge on any atom is -0.345 e. The zero-order valence-electron chi connectivity index (χ0n) is 16.9. The van der Waals surface area contributed by atoms with Gasteiger partial charge in [-0.05, 0) is 46.0 Å². The van der Waals surface area contributed by atoms with Gasteiger partial charge in [0, 0.05) is 31.3 Å². The van der Waals surface area contributed by atoms with Crippen molar-refractivity contribution in [3.8, 4) is 17.2 Å². The lowest BCUT2D eigenvalue weighted by Gasteiger charge is -2.10. The van der Waals surface area contributed by atoms with E-state index >= 15 is 0 Å². The molecule has 0 radical (unpaired) electrons. The summed E-state index contributed by atoms with van der Waals surface area (Å²) in [5.74, 6) is 0.927. The van der Waals surface area contributed by atoms with Gasteiger partial charge < -0.3 is 10.7 Å². The van der Waals surface area contributed by atoms with Crippen molar-refractivity contribution < 1.29 is 0 Å². The maximum Gasteiger partial charge on any atom is 0.110 e. The second-order valence-corrected chi connectivity index (χ2v) is 7.07. The molecule has 0 saturated carbocycles. The summed E-state index contributed by atoms with van der Waals surface area (Å²) in [4.78, 5) is 7.97. The van der Waals surface area contributed by atoms with Gasteiger partial charge in [-0.25, -0.2) is 4.98 Å². The van der Waals surface area contributed by atoms with E-state index in [-0.39, 0.29) is 24.8 Å². The molecule has 0 aliphatic carbocycles. The van der Waals surface area contributed by atoms with Crippen LogP contribution in [0.1, 0.15) is 33.8 Å². The summed E-state index contributed by atoms with van der Waals surface area (Å²) < 4.78 is 0. The molecule has 3 N–H and O–H groups in total. The molecule has 3 aromatic carbocycles. The molecule has 0 spiro atoms. The first kappa shape index (κ1) is 24.2. The van der Waals surface area contributed by atoms with Gasteiger partial charge in [-0.2, -0.15) is 5.26 Å². The predicted octanol–water partition coefficient (Wildman–Crippen LogP) is 5.43. The van der Waals surface area contributed by atoms with Crippen molar-refractivity contribution >= 4 is 24.8 Å². The number of rotatable bonds is 6. The number of hydrogen-bond acceptors (Lipinski definition) is 3. The Hall–Kier alpha value is -3.10. The van der Waals surface area contributed by atoms with Crippen LogP contribution in [-0.4, -0.2) is 9.97 Å². The number of benzene rings is 3. The Kier molecular flexibility index (Phi) is 8.84. The first-order valence-electron chi connectivity index (χ1n) is 9.64. The van der Waals surface area contributed by atoms with Crippen LogP contribution in [0.5, 0.6) is 0 Å². The van der Waals surface area contributed by atoms with E-state index < -0.39 is 0 Å². The van der Waals surface area contributed by atoms with Gasteiger partial charge in [0.05, 0.1) is 11.6 Å². The number of nitrogens with two attached hydrogens (primary N) is 1. The fourth-order valence-electron chi connectivity index (χ4n) is 3.48. The van der Waals surface area contributed by atoms with E-state index in [1.54, 1.807) is 0 Å². The molecule has 0 amide bonds. The number of hydrogen-bond donors (Lipinski definition) is 2. The second kappa shape index (κ2) is 11.3. The highest BCUT2D eigenvalue weighted by Crippen LogP contribution is 2.23. The summed E-state index contributed by atoms with van der Waals surface area (Å²) in [6.07, 6.45) is 3.36. The van der Waals surface area contributed by atoms with Crippen LogP contribution in [0.2, 0.25) is 0 Å². The Bertz CT molecular complexity index is 1150. The molecule has 0 aliphatic rings. The number of aromatic nitrogens is 2. The minimum absolute atomic E-state index is 0. The van der Waals surface area contributed by atoms with Gasteiger partial charge in [0.25, 0.3) is 0 Å². The van der Waals surface area contributed by atoms with Gasteiger partial charge in [0.2, 0.25) is 0 Å². The lowest BCUT2D eigenvalue weighted by Crippen LogP contribution is -2.03. The Morgan fingerprint density at radius 2 is 1.58 bits per heavy atom. The van der Waals surface area contributed by atoms with Crippen LogP contribution in [0.3, 0.4) is 0 Å². The fraction of sp³-hybridized carbons (Fsp3) is 0.120. The molecule has 0 saturated heterocycles. The standard InChI is InChI=1S/C25H22N4.2ClH/c26-15-19-8-6-18(7-9-19)12-24-17-28-25(29-24)14-22-11-10-21(13-23(22)16-27)20-4-2-1-3-5-20;;/h1-11,13,17H,12,14,16,27H2,(H,28,29);2*1H. The average Bonchev–Trinajstić information content (AvgIpc) is 3.22. The summed E-state index contributed by atoms with van der Waals surface area (Å²) >= 11 is 0. The molecule has 0 fully saturated rings. The smallest absolute Gasteiger partial charge is 0.110 e. The van der Waals surface area contributed by atoms with Crippen molar-refractivity contribution in [2.24, 2.45) is 5.73 Å². The van der Waals surface area contributed by atoms with Crippen molar-refractivity contribution in [3.05, 3.63) is 113 Å². The van der Waals surface area contributed by atoms with Crippen LogP contribution in [0, 0.1) is 11.3 Å². The Balaban J connectivity index is 0.00000171. The summed E-state index contributed by atoms with van der Waals surface area (Å²) in [6, 6.07) is 26.6. The molecule has 31 heavy (non-hydrogen) atoms. The van der Waals surface area contributed by atoms with Crippen molar-refractivity contribution in [3.63, 3.8) is 0 Å². The van der Waals surface area contributed by atoms with Crippen molar-refractivity contribution in [2.75, 3.05) is 0 Å². The summed E-state index contributed by atoms with van der Waals surface area (Å²) in [7, 11) is 0. The van der Waals surface area contributed by atoms with Crippen molar-refractivity contribution in [2.45, 2.75) is 19.4 Å². The Labute approximate surface area is 195 Å². The van der Waals surface area contributed by atoms with E-state index in [4.69, 9.17) is 11.0 Å². The van der Waals surface area contributed by atoms with Gasteiger partial charge in [0.15, 0.2) is 0 Å². The molecule has 0 aliphatic heterocycles. The largest absolute Gasteiger partial charge is 0.345 e. The normalized spacial score (nSPS) is 9.94. The Morgan fingerprint density at radius 1 is 0.839 bits per heavy atom. The number of H-pyrrole nitrogens is 1. The van der Waals surface area contributed by atoms with Gasteiger partial charge in [-0.15, -0.1) is 24.8 Å². The summed E-state index contributed by atoms with van der Waals surface area (Å²) in [6.45, 7) is 0.495. The number of nitrogens with zero attached hydrogens (tertiary/aromatic N) is 2. The van der Waals surface area contributed by atoms with E-state index in [0.29, 0.717) is 12.1 Å². The third-order valence-corrected chi connectivity index (χ3v) is 5.05. The molecule has 4 rings (SSSR count). The molecule has 0 unspecified atom stereocenters. The predicted molar refractivity (Wildman–Crippen MR) is 130 cm³/mol. The number of nitriles is 1. The van der Waals surface area contributed by atoms with Gasteiger partial charge in [-0.1, -0.05) is 54.6 Å². The number of imidazole rings is 1. The molecule has 0 bridgehead atoms. The highest BCUT2D eigenvalue weighted by Gasteiger charge is 2.08. The van der Waals surface area contributed by atoms with Crippen LogP contribution < -0.4 is 5.73 Å². The highest BCUT2D eigenvalue weighted by atomic mass is 35.5. The topological polar surface area (TPSA) is 78.5 Å². The van der Waals surface area contributed by atoms with Crippen LogP contribution in [-0.2, 0) is 19.4 Å². The quantitative estimate of drug-likeness (QED) is 0.410. The monoisotopic (exact) mass is 450 g/mol. The number of halogens is 2. The third kappa shape index (κ3) is 5.96. The van der Waals surface area contributed by atoms with E-state index in [2.05, 4.69) is 46.4 Å². The van der Waals surface area contributed by atoms with Crippen LogP contribution in [0.25, 0.3) is 11.1 Å². The molecule has 1 heterocycles. The molecule has 158 valence electrons. The minimum atomic E-state index is 0. The SMILES string of the molecule is Cl.Cl.N#Cc1ccc(Cc2cnc(Cc3ccc(-c4ccccc4)cc3CN)[nH]2)cc1. The van der Waals surface area contributed by atoms with E-state index in [0.717, 1.165) is 35.5 Å². The van der Waals surface area contributed by atoms with E-state index in [1.165, 1.54) is 16.7 Å². The van der Waals surface area contributed by atoms with Crippen molar-refractivity contribution in [1.82, 2.24) is 9.97 Å². The summed E-state index contributed by atoms with van der Waals surface area (Å²) in [5.41, 5.74) is 13.6. The average molecular weight is 451 g/mol. The molecule has 0 atom stereocenters. The fourth-order valence-corrected chi connectivity index (χ4v) is 3.48. The van der Waals surface area contributed by atoms with E-state index in [1.807, 2.05) is 48.7 Å². The molecule has 4 nitrogen and oxygen atoms in total. The van der Waals surface area contributed by atoms with Crippen molar-refractivity contribution in [1.29, 1.82) is 5.26 Å². The van der Waals surface area contributed by atoms with Crippen LogP contribution >= 0.6 is 24.8 Å². The van der Waals surface area contributed by atoms with Gasteiger partial charge in [0.1, 0.15) is 5.82 Å². The number of nitrogens with one attached hydrogen (secondary N) is 1. The maximum absolute atomic E-state index is 8.91. The lowest BCUT2D eigenvalue weighted by atomic mass is 9.97. The molecule has 4 aromatic rings. The van der Waals surface area contributed by atoms with Crippen LogP contribution in [0.15, 0.2) is 79.0 Å². The first-order valence-corrected chi connectivity index (χ1v) is 9.64. The highest BCUT2D eigenvalue weighted by molar-refractivity contribution is 5.85. The van der Waals surface area contributed by atoms with Gasteiger partial charge >= 0.3 is 0 Å². The number of aromatic amines is 1. The van der Waals surface area contributed by atoms with E-state index in [9.17, 15) is 0 Å². The zero-order valence-corrected chi connectivity index (χ0v) is 18.5. The van der Waals surface area contributed by atoms with Gasteiger partial charge in [-0.3, -0.25) is 0 Å². The zero-order chi connectivity index (χ0) is 20.1. The second-order valence-electron chi connectivity index (χ2n) is 7.07. The first-order chi connectivity index (χ1) is 14.2. The van der Waals surface area contributed by atoms with Crippen LogP contribution in [0.4, 0.5) is 0 Å². The summed E-state index contributed by atoms with van der Waals surface area (Å²) in [5, 5.41) is 8.91. The molecule has 1 aromatic heterocycles. The lowest BCUT2D eigenvalue weighted by molar-refractivity contribution is 0.961. The Morgan fingerprint density at radius 3 is 2.26 bits per heavy atom. The molecule has 6 heteroatoms. The third-order valence-electron chi connectivity index (χ3n) is 5.05. The molecular weight excluding hydrogens is 427 g/mol. The maximum atomic E-state index is 8.91.